The third-order valence-corrected chi connectivity index (χ3v) is 22.7. The number of nitrogens with one attached hydrogen (secondary N) is 2. The van der Waals surface area contributed by atoms with Crippen LogP contribution >= 0.6 is 56.5 Å². The summed E-state index contributed by atoms with van der Waals surface area (Å²) in [6, 6.07) is 31.6. The normalized spacial score (nSPS) is 20.6. The van der Waals surface area contributed by atoms with Crippen LogP contribution in [0.3, 0.4) is 0 Å². The molecule has 0 unspecified atom stereocenters. The van der Waals surface area contributed by atoms with Crippen molar-refractivity contribution < 1.29 is 0 Å². The summed E-state index contributed by atoms with van der Waals surface area (Å²) in [7, 11) is 0. The van der Waals surface area contributed by atoms with Crippen molar-refractivity contribution in [1.29, 1.82) is 0 Å². The third kappa shape index (κ3) is 4.60. The van der Waals surface area contributed by atoms with Crippen molar-refractivity contribution in [3.63, 3.8) is 0 Å². The molecule has 0 bridgehead atoms. The zero-order valence-corrected chi connectivity index (χ0v) is 26.4. The van der Waals surface area contributed by atoms with Gasteiger partial charge in [0, 0.05) is 0 Å². The van der Waals surface area contributed by atoms with Crippen LogP contribution in [0.5, 0.6) is 0 Å². The fourth-order valence-electron chi connectivity index (χ4n) is 4.66. The second-order valence-electron chi connectivity index (χ2n) is 9.86. The molecule has 0 aliphatic carbocycles. The Labute approximate surface area is 244 Å². The first-order valence-electron chi connectivity index (χ1n) is 12.2. The first-order valence-corrected chi connectivity index (χ1v) is 20.1. The molecular weight excluding hydrogens is 596 g/mol. The first kappa shape index (κ1) is 27.7. The van der Waals surface area contributed by atoms with Crippen LogP contribution in [0.15, 0.2) is 97.1 Å². The first-order chi connectivity index (χ1) is 17.8. The minimum atomic E-state index is -4.33. The molecule has 4 nitrogen and oxygen atoms in total. The zero-order chi connectivity index (χ0) is 27.4. The van der Waals surface area contributed by atoms with Crippen LogP contribution in [0.4, 0.5) is 22.7 Å². The monoisotopic (exact) mass is 624 g/mol. The Morgan fingerprint density at radius 1 is 0.421 bits per heavy atom. The molecule has 1 aliphatic rings. The van der Waals surface area contributed by atoms with Crippen LogP contribution in [0.2, 0.25) is 0 Å². The van der Waals surface area contributed by atoms with Crippen molar-refractivity contribution in [2.45, 2.75) is 27.7 Å². The van der Waals surface area contributed by atoms with Gasteiger partial charge in [-0.2, -0.15) is 0 Å². The fraction of sp³-hybridized carbons (Fsp3) is 0.143. The number of rotatable bonds is 6. The predicted octanol–water partition coefficient (Wildman–Crippen LogP) is 11.7. The number of benzene rings is 4. The SMILES string of the molecule is Cc1ccc(NP2(Cl)(Cl)N(c3ccc(C)cc3)P(Cl)(Cl)(Nc3ccc(C)cc3)N2c2ccc(C)cc2)cc1. The summed E-state index contributed by atoms with van der Waals surface area (Å²) >= 11 is 31.0. The summed E-state index contributed by atoms with van der Waals surface area (Å²) in [5.74, 6) is -8.65. The maximum atomic E-state index is 7.74. The molecule has 4 aromatic carbocycles. The van der Waals surface area contributed by atoms with Crippen molar-refractivity contribution in [2.24, 2.45) is 0 Å². The van der Waals surface area contributed by atoms with Crippen molar-refractivity contribution in [2.75, 3.05) is 19.1 Å². The van der Waals surface area contributed by atoms with Gasteiger partial charge in [-0.15, -0.1) is 0 Å². The third-order valence-electron chi connectivity index (χ3n) is 6.55. The van der Waals surface area contributed by atoms with E-state index >= 15 is 0 Å². The standard InChI is InChI=1S/C28H30Cl4N4P2/c1-21-5-13-25(14-6-21)33-37(29,30)35(27-17-9-23(3)10-18-27)38(31,32,34-26-15-7-22(2)8-16-26)36(37)28-19-11-24(4)12-20-28/h5-20,33-34H,1-4H3. The van der Waals surface area contributed by atoms with E-state index in [1.165, 1.54) is 0 Å². The van der Waals surface area contributed by atoms with Gasteiger partial charge in [-0.1, -0.05) is 0 Å². The Hall–Kier alpha value is -1.90. The van der Waals surface area contributed by atoms with Gasteiger partial charge in [0.05, 0.1) is 0 Å². The van der Waals surface area contributed by atoms with Gasteiger partial charge in [0.25, 0.3) is 0 Å². The summed E-state index contributed by atoms with van der Waals surface area (Å²) in [5.41, 5.74) is 7.38. The van der Waals surface area contributed by atoms with Crippen LogP contribution in [0, 0.1) is 27.7 Å². The van der Waals surface area contributed by atoms with Crippen molar-refractivity contribution in [3.8, 4) is 0 Å². The van der Waals surface area contributed by atoms with Crippen molar-refractivity contribution in [1.82, 2.24) is 0 Å². The Morgan fingerprint density at radius 2 is 0.658 bits per heavy atom. The summed E-state index contributed by atoms with van der Waals surface area (Å²) in [4.78, 5) is 0. The Balaban J connectivity index is 1.76. The van der Waals surface area contributed by atoms with Gasteiger partial charge in [0.2, 0.25) is 0 Å². The van der Waals surface area contributed by atoms with Crippen molar-refractivity contribution >= 4 is 79.2 Å². The number of nitrogens with zero attached hydrogens (tertiary/aromatic N) is 2. The van der Waals surface area contributed by atoms with E-state index in [1.807, 2.05) is 134 Å². The number of hydrogen-bond donors (Lipinski definition) is 2. The average molecular weight is 626 g/mol. The molecule has 0 saturated carbocycles. The number of anilines is 4. The quantitative estimate of drug-likeness (QED) is 0.209. The second kappa shape index (κ2) is 9.34. The molecule has 1 aliphatic heterocycles. The van der Waals surface area contributed by atoms with Crippen LogP contribution in [0.1, 0.15) is 22.3 Å². The van der Waals surface area contributed by atoms with Crippen LogP contribution in [-0.2, 0) is 0 Å². The molecule has 2 N–H and O–H groups in total. The van der Waals surface area contributed by atoms with E-state index in [1.54, 1.807) is 0 Å². The summed E-state index contributed by atoms with van der Waals surface area (Å²) < 4.78 is 3.62. The number of hydrogen-bond acceptors (Lipinski definition) is 4. The molecule has 1 saturated heterocycles. The van der Waals surface area contributed by atoms with E-state index < -0.39 is 11.5 Å². The zero-order valence-electron chi connectivity index (χ0n) is 21.5. The van der Waals surface area contributed by atoms with Gasteiger partial charge in [0.15, 0.2) is 0 Å². The minimum absolute atomic E-state index is 0.712. The van der Waals surface area contributed by atoms with E-state index in [2.05, 4.69) is 10.2 Å². The van der Waals surface area contributed by atoms with Gasteiger partial charge < -0.3 is 0 Å². The van der Waals surface area contributed by atoms with Crippen LogP contribution < -0.4 is 19.1 Å². The van der Waals surface area contributed by atoms with Gasteiger partial charge in [0.1, 0.15) is 0 Å². The number of halogens is 4. The molecule has 10 heteroatoms. The van der Waals surface area contributed by atoms with E-state index in [9.17, 15) is 0 Å². The summed E-state index contributed by atoms with van der Waals surface area (Å²) in [6.45, 7) is 8.11. The average Bonchev–Trinajstić information content (AvgIpc) is 2.84. The van der Waals surface area contributed by atoms with E-state index in [0.717, 1.165) is 33.6 Å². The molecule has 1 fully saturated rings. The molecule has 5 rings (SSSR count). The molecule has 0 aromatic heterocycles. The van der Waals surface area contributed by atoms with Gasteiger partial charge in [-0.25, -0.2) is 0 Å². The Bertz CT molecular complexity index is 1340. The number of aryl methyl sites for hydroxylation is 4. The summed E-state index contributed by atoms with van der Waals surface area (Å²) in [6.07, 6.45) is 0. The Kier molecular flexibility index (Phi) is 6.80. The van der Waals surface area contributed by atoms with E-state index in [4.69, 9.17) is 45.0 Å². The predicted molar refractivity (Wildman–Crippen MR) is 174 cm³/mol. The Morgan fingerprint density at radius 3 is 0.921 bits per heavy atom. The molecule has 0 spiro atoms. The van der Waals surface area contributed by atoms with Crippen molar-refractivity contribution in [3.05, 3.63) is 119 Å². The van der Waals surface area contributed by atoms with Gasteiger partial charge in [-0.05, 0) is 0 Å². The van der Waals surface area contributed by atoms with Crippen LogP contribution in [0.25, 0.3) is 0 Å². The second-order valence-corrected chi connectivity index (χ2v) is 24.6. The molecule has 0 amide bonds. The molecule has 0 atom stereocenters. The fourth-order valence-corrected chi connectivity index (χ4v) is 29.0. The molecular formula is C28H30Cl4N4P2. The van der Waals surface area contributed by atoms with E-state index in [-0.39, 0.29) is 0 Å². The molecule has 200 valence electrons. The van der Waals surface area contributed by atoms with Crippen LogP contribution in [-0.4, -0.2) is 0 Å². The van der Waals surface area contributed by atoms with Gasteiger partial charge >= 0.3 is 245 Å². The maximum absolute atomic E-state index is 7.74. The molecule has 0 radical (unpaired) electrons. The molecule has 4 aromatic rings. The van der Waals surface area contributed by atoms with E-state index in [0.29, 0.717) is 11.4 Å². The van der Waals surface area contributed by atoms with Gasteiger partial charge in [-0.3, -0.25) is 0 Å². The summed E-state index contributed by atoms with van der Waals surface area (Å²) in [5, 5.41) is 6.99. The molecule has 1 heterocycles. The molecule has 38 heavy (non-hydrogen) atoms. The topological polar surface area (TPSA) is 30.5 Å².